The highest BCUT2D eigenvalue weighted by molar-refractivity contribution is 5.91. The molecule has 0 saturated carbocycles. The van der Waals surface area contributed by atoms with Crippen molar-refractivity contribution in [2.24, 2.45) is 0 Å². The van der Waals surface area contributed by atoms with E-state index in [1.165, 1.54) is 11.1 Å². The Kier molecular flexibility index (Phi) is 8.85. The number of imidazole rings is 2. The Bertz CT molecular complexity index is 1880. The van der Waals surface area contributed by atoms with Crippen LogP contribution in [-0.2, 0) is 12.8 Å². The van der Waals surface area contributed by atoms with Crippen LogP contribution in [0.25, 0.3) is 44.8 Å². The number of aryl methyl sites for hydroxylation is 2. The Morgan fingerprint density at radius 2 is 1.14 bits per heavy atom. The van der Waals surface area contributed by atoms with Crippen molar-refractivity contribution in [1.82, 2.24) is 19.9 Å². The number of nitrogens with two attached hydrogens (primary N) is 2. The van der Waals surface area contributed by atoms with Crippen molar-refractivity contribution in [1.29, 1.82) is 0 Å². The number of aromatic amines is 2. The van der Waals surface area contributed by atoms with Crippen molar-refractivity contribution >= 4 is 45.8 Å². The van der Waals surface area contributed by atoms with E-state index in [1.54, 1.807) is 0 Å². The molecule has 0 radical (unpaired) electrons. The lowest BCUT2D eigenvalue weighted by Crippen LogP contribution is -1.97. The predicted octanol–water partition coefficient (Wildman–Crippen LogP) is 8.22. The number of nitrogens with zero attached hydrogens (tertiary/aromatic N) is 2. The van der Waals surface area contributed by atoms with Crippen LogP contribution in [0.1, 0.15) is 17.5 Å². The van der Waals surface area contributed by atoms with Crippen LogP contribution in [0.5, 0.6) is 0 Å². The summed E-state index contributed by atoms with van der Waals surface area (Å²) in [5.74, 6) is 1.74. The third-order valence-electron chi connectivity index (χ3n) is 7.14. The van der Waals surface area contributed by atoms with Crippen molar-refractivity contribution in [3.8, 4) is 22.8 Å². The highest BCUT2D eigenvalue weighted by Gasteiger charge is 2.11. The van der Waals surface area contributed by atoms with Crippen molar-refractivity contribution in [3.05, 3.63) is 132 Å². The first kappa shape index (κ1) is 28.5. The fourth-order valence-electron chi connectivity index (χ4n) is 4.98. The SMILES string of the molecule is Cl.Nc1c(CCCc2ccccc2)ccc2nc(-c3ccccc3)[nH]c12.Nc1ccc2nc(-c3ccccc3)[nH]c2c1. The number of nitrogens with one attached hydrogen (secondary N) is 2. The third-order valence-corrected chi connectivity index (χ3v) is 7.14. The topological polar surface area (TPSA) is 109 Å². The van der Waals surface area contributed by atoms with E-state index in [1.807, 2.05) is 66.7 Å². The van der Waals surface area contributed by atoms with Crippen LogP contribution in [0.3, 0.4) is 0 Å². The molecule has 0 amide bonds. The molecule has 0 spiro atoms. The van der Waals surface area contributed by atoms with Gasteiger partial charge >= 0.3 is 0 Å². The molecule has 0 aliphatic carbocycles. The van der Waals surface area contributed by atoms with Crippen LogP contribution in [0, 0.1) is 0 Å². The molecule has 2 heterocycles. The Balaban J connectivity index is 0.000000179. The summed E-state index contributed by atoms with van der Waals surface area (Å²) < 4.78 is 0. The van der Waals surface area contributed by atoms with Crippen LogP contribution < -0.4 is 11.5 Å². The molecule has 42 heavy (non-hydrogen) atoms. The van der Waals surface area contributed by atoms with Gasteiger partial charge < -0.3 is 21.4 Å². The lowest BCUT2D eigenvalue weighted by molar-refractivity contribution is 0.823. The van der Waals surface area contributed by atoms with Crippen LogP contribution in [0.15, 0.2) is 121 Å². The van der Waals surface area contributed by atoms with Gasteiger partial charge in [0.2, 0.25) is 0 Å². The normalized spacial score (nSPS) is 10.7. The Morgan fingerprint density at radius 1 is 0.571 bits per heavy atom. The summed E-state index contributed by atoms with van der Waals surface area (Å²) >= 11 is 0. The number of aromatic nitrogens is 4. The molecule has 0 fully saturated rings. The molecule has 7 aromatic rings. The Hall–Kier alpha value is -5.07. The minimum atomic E-state index is 0. The van der Waals surface area contributed by atoms with Gasteiger partial charge in [0.25, 0.3) is 0 Å². The monoisotopic (exact) mass is 572 g/mol. The van der Waals surface area contributed by atoms with Gasteiger partial charge in [0.1, 0.15) is 11.6 Å². The zero-order valence-electron chi connectivity index (χ0n) is 23.1. The molecular formula is C35H33ClN6. The molecule has 0 aliphatic rings. The van der Waals surface area contributed by atoms with Gasteiger partial charge in [-0.1, -0.05) is 97.1 Å². The summed E-state index contributed by atoms with van der Waals surface area (Å²) in [4.78, 5) is 15.8. The van der Waals surface area contributed by atoms with Gasteiger partial charge in [0, 0.05) is 16.8 Å². The molecule has 2 aromatic heterocycles. The molecule has 210 valence electrons. The second-order valence-corrected chi connectivity index (χ2v) is 10.1. The van der Waals surface area contributed by atoms with Gasteiger partial charge in [0.05, 0.1) is 27.8 Å². The van der Waals surface area contributed by atoms with Gasteiger partial charge in [-0.15, -0.1) is 12.4 Å². The maximum absolute atomic E-state index is 6.42. The van der Waals surface area contributed by atoms with E-state index >= 15 is 0 Å². The van der Waals surface area contributed by atoms with E-state index in [2.05, 4.69) is 74.5 Å². The van der Waals surface area contributed by atoms with E-state index in [0.29, 0.717) is 0 Å². The molecule has 7 rings (SSSR count). The molecule has 6 N–H and O–H groups in total. The molecule has 0 bridgehead atoms. The van der Waals surface area contributed by atoms with Gasteiger partial charge in [-0.3, -0.25) is 0 Å². The molecule has 0 unspecified atom stereocenters. The smallest absolute Gasteiger partial charge is 0.138 e. The highest BCUT2D eigenvalue weighted by atomic mass is 35.5. The average molecular weight is 573 g/mol. The number of benzene rings is 5. The molecular weight excluding hydrogens is 540 g/mol. The number of fused-ring (bicyclic) bond motifs is 2. The van der Waals surface area contributed by atoms with Crippen LogP contribution in [0.2, 0.25) is 0 Å². The summed E-state index contributed by atoms with van der Waals surface area (Å²) in [6.45, 7) is 0. The van der Waals surface area contributed by atoms with Crippen molar-refractivity contribution in [3.63, 3.8) is 0 Å². The minimum Gasteiger partial charge on any atom is -0.399 e. The first-order valence-electron chi connectivity index (χ1n) is 13.8. The van der Waals surface area contributed by atoms with E-state index in [-0.39, 0.29) is 12.4 Å². The van der Waals surface area contributed by atoms with Gasteiger partial charge in [-0.05, 0) is 54.7 Å². The molecule has 6 nitrogen and oxygen atoms in total. The summed E-state index contributed by atoms with van der Waals surface area (Å²) in [5, 5.41) is 0. The summed E-state index contributed by atoms with van der Waals surface area (Å²) in [6.07, 6.45) is 3.12. The number of nitrogen functional groups attached to an aromatic ring is 2. The summed E-state index contributed by atoms with van der Waals surface area (Å²) in [5.41, 5.74) is 22.2. The largest absolute Gasteiger partial charge is 0.399 e. The van der Waals surface area contributed by atoms with Crippen molar-refractivity contribution in [2.75, 3.05) is 11.5 Å². The van der Waals surface area contributed by atoms with E-state index < -0.39 is 0 Å². The lowest BCUT2D eigenvalue weighted by atomic mass is 10.0. The first-order valence-corrected chi connectivity index (χ1v) is 13.8. The highest BCUT2D eigenvalue weighted by Crippen LogP contribution is 2.28. The van der Waals surface area contributed by atoms with Crippen LogP contribution in [0.4, 0.5) is 11.4 Å². The third kappa shape index (κ3) is 6.45. The number of rotatable bonds is 6. The fraction of sp³-hybridized carbons (Fsp3) is 0.0857. The second kappa shape index (κ2) is 13.1. The standard InChI is InChI=1S/C22H21N3.C13H11N3.ClH/c23-20-17(13-7-10-16-8-3-1-4-9-16)14-15-19-21(20)25-22(24-19)18-11-5-2-6-12-18;14-10-6-7-11-12(8-10)16-13(15-11)9-4-2-1-3-5-9;/h1-6,8-9,11-12,14-15H,7,10,13,23H2,(H,24,25);1-8H,14H2,(H,15,16);1H. The van der Waals surface area contributed by atoms with Gasteiger partial charge in [-0.2, -0.15) is 0 Å². The first-order chi connectivity index (χ1) is 20.1. The second-order valence-electron chi connectivity index (χ2n) is 10.1. The predicted molar refractivity (Wildman–Crippen MR) is 178 cm³/mol. The van der Waals surface area contributed by atoms with Crippen molar-refractivity contribution in [2.45, 2.75) is 19.3 Å². The fourth-order valence-corrected chi connectivity index (χ4v) is 4.98. The van der Waals surface area contributed by atoms with E-state index in [0.717, 1.165) is 75.5 Å². The molecule has 0 saturated heterocycles. The zero-order chi connectivity index (χ0) is 28.0. The maximum Gasteiger partial charge on any atom is 0.138 e. The van der Waals surface area contributed by atoms with Crippen LogP contribution >= 0.6 is 12.4 Å². The zero-order valence-corrected chi connectivity index (χ0v) is 23.9. The minimum absolute atomic E-state index is 0. The summed E-state index contributed by atoms with van der Waals surface area (Å²) in [7, 11) is 0. The number of H-pyrrole nitrogens is 2. The maximum atomic E-state index is 6.42. The Labute approximate surface area is 251 Å². The quantitative estimate of drug-likeness (QED) is 0.150. The van der Waals surface area contributed by atoms with Gasteiger partial charge in [0.15, 0.2) is 0 Å². The van der Waals surface area contributed by atoms with Crippen molar-refractivity contribution < 1.29 is 0 Å². The number of hydrogen-bond donors (Lipinski definition) is 4. The number of halogens is 1. The number of hydrogen-bond acceptors (Lipinski definition) is 4. The van der Waals surface area contributed by atoms with E-state index in [4.69, 9.17) is 11.5 Å². The molecule has 7 heteroatoms. The average Bonchev–Trinajstić information content (AvgIpc) is 3.65. The van der Waals surface area contributed by atoms with E-state index in [9.17, 15) is 0 Å². The number of anilines is 2. The van der Waals surface area contributed by atoms with Gasteiger partial charge in [-0.25, -0.2) is 9.97 Å². The molecule has 0 aliphatic heterocycles. The van der Waals surface area contributed by atoms with Crippen LogP contribution in [-0.4, -0.2) is 19.9 Å². The molecule has 0 atom stereocenters. The summed E-state index contributed by atoms with van der Waals surface area (Å²) in [6, 6.07) is 40.6. The molecule has 5 aromatic carbocycles. The lowest BCUT2D eigenvalue weighted by Gasteiger charge is -2.06. The Morgan fingerprint density at radius 3 is 1.81 bits per heavy atom.